The Balaban J connectivity index is 1.35. The van der Waals surface area contributed by atoms with Gasteiger partial charge in [0.1, 0.15) is 19.2 Å². The Morgan fingerprint density at radius 3 is 2.57 bits per heavy atom. The predicted molar refractivity (Wildman–Crippen MR) is 103 cm³/mol. The summed E-state index contributed by atoms with van der Waals surface area (Å²) in [6, 6.07) is 15.0. The molecule has 0 aliphatic heterocycles. The zero-order valence-electron chi connectivity index (χ0n) is 15.0. The van der Waals surface area contributed by atoms with Gasteiger partial charge in [0.25, 0.3) is 5.56 Å². The molecule has 2 aromatic carbocycles. The second kappa shape index (κ2) is 7.83. The first-order valence-corrected chi connectivity index (χ1v) is 8.80. The Bertz CT molecular complexity index is 1150. The Hall–Kier alpha value is -3.81. The van der Waals surface area contributed by atoms with Crippen molar-refractivity contribution in [3.05, 3.63) is 89.0 Å². The fourth-order valence-corrected chi connectivity index (χ4v) is 2.89. The van der Waals surface area contributed by atoms with Crippen LogP contribution in [-0.4, -0.2) is 30.2 Å². The lowest BCUT2D eigenvalue weighted by Crippen LogP contribution is -2.32. The summed E-state index contributed by atoms with van der Waals surface area (Å²) in [4.78, 5) is 32.8. The number of fused-ring (bicyclic) bond motifs is 1. The number of benzene rings is 2. The number of nitrogens with one attached hydrogen (secondary N) is 1. The second-order valence-electron chi connectivity index (χ2n) is 6.38. The first kappa shape index (κ1) is 17.6. The third-order valence-electron chi connectivity index (χ3n) is 4.37. The van der Waals surface area contributed by atoms with Crippen molar-refractivity contribution in [3.8, 4) is 0 Å². The monoisotopic (exact) mass is 374 g/mol. The van der Waals surface area contributed by atoms with Crippen molar-refractivity contribution in [2.45, 2.75) is 19.6 Å². The van der Waals surface area contributed by atoms with E-state index < -0.39 is 0 Å². The van der Waals surface area contributed by atoms with Crippen molar-refractivity contribution < 1.29 is 4.79 Å². The summed E-state index contributed by atoms with van der Waals surface area (Å²) in [7, 11) is 0. The number of carbonyl (C=O) groups is 1. The van der Waals surface area contributed by atoms with Crippen LogP contribution in [0.4, 0.5) is 0 Å². The van der Waals surface area contributed by atoms with E-state index in [-0.39, 0.29) is 18.0 Å². The van der Waals surface area contributed by atoms with E-state index in [9.17, 15) is 9.59 Å². The molecule has 0 atom stereocenters. The summed E-state index contributed by atoms with van der Waals surface area (Å²) in [5.74, 6) is -0.245. The third kappa shape index (κ3) is 3.96. The normalized spacial score (nSPS) is 10.9. The SMILES string of the molecule is O=C(Cn1cnc2ccccc2c1=O)NCc1ccc(Cn2cncn2)cc1. The van der Waals surface area contributed by atoms with Gasteiger partial charge in [0.05, 0.1) is 23.8 Å². The number of para-hydroxylation sites is 1. The van der Waals surface area contributed by atoms with Gasteiger partial charge >= 0.3 is 0 Å². The predicted octanol–water partition coefficient (Wildman–Crippen LogP) is 1.35. The highest BCUT2D eigenvalue weighted by Crippen LogP contribution is 2.06. The zero-order valence-corrected chi connectivity index (χ0v) is 15.0. The summed E-state index contributed by atoms with van der Waals surface area (Å²) in [5.41, 5.74) is 2.46. The molecule has 28 heavy (non-hydrogen) atoms. The third-order valence-corrected chi connectivity index (χ3v) is 4.37. The standard InChI is InChI=1S/C20H18N6O2/c27-19(11-25-14-23-18-4-2-1-3-17(18)20(25)28)22-9-15-5-7-16(8-6-15)10-26-13-21-12-24-26/h1-8,12-14H,9-11H2,(H,22,27). The lowest BCUT2D eigenvalue weighted by atomic mass is 10.1. The van der Waals surface area contributed by atoms with E-state index >= 15 is 0 Å². The summed E-state index contributed by atoms with van der Waals surface area (Å²) < 4.78 is 3.06. The number of hydrogen-bond donors (Lipinski definition) is 1. The highest BCUT2D eigenvalue weighted by Gasteiger charge is 2.08. The molecule has 1 amide bonds. The second-order valence-corrected chi connectivity index (χ2v) is 6.38. The number of hydrogen-bond acceptors (Lipinski definition) is 5. The van der Waals surface area contributed by atoms with Crippen molar-refractivity contribution in [3.63, 3.8) is 0 Å². The minimum Gasteiger partial charge on any atom is -0.350 e. The smallest absolute Gasteiger partial charge is 0.261 e. The number of aromatic nitrogens is 5. The van der Waals surface area contributed by atoms with E-state index in [1.807, 2.05) is 30.3 Å². The molecule has 0 saturated heterocycles. The number of nitrogens with zero attached hydrogens (tertiary/aromatic N) is 5. The van der Waals surface area contributed by atoms with E-state index in [0.29, 0.717) is 24.0 Å². The summed E-state index contributed by atoms with van der Waals surface area (Å²) in [5, 5.41) is 7.41. The van der Waals surface area contributed by atoms with Gasteiger partial charge in [-0.3, -0.25) is 14.2 Å². The first-order chi connectivity index (χ1) is 13.7. The molecule has 2 aromatic heterocycles. The quantitative estimate of drug-likeness (QED) is 0.550. The fourth-order valence-electron chi connectivity index (χ4n) is 2.89. The summed E-state index contributed by atoms with van der Waals surface area (Å²) in [6.07, 6.45) is 4.57. The van der Waals surface area contributed by atoms with Gasteiger partial charge in [0.15, 0.2) is 0 Å². The maximum atomic E-state index is 12.4. The topological polar surface area (TPSA) is 94.7 Å². The first-order valence-electron chi connectivity index (χ1n) is 8.80. The Morgan fingerprint density at radius 2 is 1.79 bits per heavy atom. The van der Waals surface area contributed by atoms with Crippen LogP contribution in [-0.2, 0) is 24.4 Å². The van der Waals surface area contributed by atoms with Gasteiger partial charge in [-0.2, -0.15) is 5.10 Å². The van der Waals surface area contributed by atoms with Crippen LogP contribution in [0.3, 0.4) is 0 Å². The zero-order chi connectivity index (χ0) is 19.3. The molecule has 0 saturated carbocycles. The fraction of sp³-hybridized carbons (Fsp3) is 0.150. The van der Waals surface area contributed by atoms with Crippen LogP contribution < -0.4 is 10.9 Å². The lowest BCUT2D eigenvalue weighted by molar-refractivity contribution is -0.121. The van der Waals surface area contributed by atoms with Crippen LogP contribution >= 0.6 is 0 Å². The van der Waals surface area contributed by atoms with Crippen molar-refractivity contribution in [2.24, 2.45) is 0 Å². The van der Waals surface area contributed by atoms with Gasteiger partial charge < -0.3 is 5.32 Å². The molecule has 0 spiro atoms. The van der Waals surface area contributed by atoms with Gasteiger partial charge in [0.2, 0.25) is 5.91 Å². The Labute approximate surface area is 160 Å². The van der Waals surface area contributed by atoms with Crippen molar-refractivity contribution in [1.29, 1.82) is 0 Å². The lowest BCUT2D eigenvalue weighted by Gasteiger charge is -2.09. The molecule has 8 nitrogen and oxygen atoms in total. The average Bonchev–Trinajstić information content (AvgIpc) is 3.23. The van der Waals surface area contributed by atoms with Crippen molar-refractivity contribution in [1.82, 2.24) is 29.6 Å². The van der Waals surface area contributed by atoms with Gasteiger partial charge in [-0.05, 0) is 23.3 Å². The molecule has 0 unspecified atom stereocenters. The highest BCUT2D eigenvalue weighted by molar-refractivity contribution is 5.78. The van der Waals surface area contributed by atoms with E-state index in [1.165, 1.54) is 17.2 Å². The maximum absolute atomic E-state index is 12.4. The molecule has 0 fully saturated rings. The highest BCUT2D eigenvalue weighted by atomic mass is 16.2. The molecule has 8 heteroatoms. The molecule has 2 heterocycles. The summed E-state index contributed by atoms with van der Waals surface area (Å²) >= 11 is 0. The van der Waals surface area contributed by atoms with Crippen LogP contribution in [0.15, 0.2) is 72.3 Å². The van der Waals surface area contributed by atoms with E-state index in [2.05, 4.69) is 20.4 Å². The van der Waals surface area contributed by atoms with Gasteiger partial charge in [-0.1, -0.05) is 36.4 Å². The molecule has 1 N–H and O–H groups in total. The number of carbonyl (C=O) groups excluding carboxylic acids is 1. The van der Waals surface area contributed by atoms with Crippen molar-refractivity contribution in [2.75, 3.05) is 0 Å². The Kier molecular flexibility index (Phi) is 4.92. The van der Waals surface area contributed by atoms with Crippen LogP contribution in [0.5, 0.6) is 0 Å². The molecular formula is C20H18N6O2. The Morgan fingerprint density at radius 1 is 1.00 bits per heavy atom. The number of rotatable bonds is 6. The average molecular weight is 374 g/mol. The van der Waals surface area contributed by atoms with E-state index in [1.54, 1.807) is 29.2 Å². The molecule has 4 rings (SSSR count). The molecule has 4 aromatic rings. The van der Waals surface area contributed by atoms with E-state index in [4.69, 9.17) is 0 Å². The molecule has 0 bridgehead atoms. The summed E-state index contributed by atoms with van der Waals surface area (Å²) in [6.45, 7) is 0.962. The molecule has 0 aliphatic carbocycles. The number of amides is 1. The van der Waals surface area contributed by atoms with Crippen LogP contribution in [0, 0.1) is 0 Å². The minimum absolute atomic E-state index is 0.0684. The molecular weight excluding hydrogens is 356 g/mol. The van der Waals surface area contributed by atoms with Gasteiger partial charge in [0, 0.05) is 6.54 Å². The molecule has 0 aliphatic rings. The van der Waals surface area contributed by atoms with Crippen LogP contribution in [0.25, 0.3) is 10.9 Å². The van der Waals surface area contributed by atoms with Gasteiger partial charge in [-0.15, -0.1) is 0 Å². The van der Waals surface area contributed by atoms with Gasteiger partial charge in [-0.25, -0.2) is 14.6 Å². The molecule has 0 radical (unpaired) electrons. The van der Waals surface area contributed by atoms with Crippen molar-refractivity contribution >= 4 is 16.8 Å². The minimum atomic E-state index is -0.245. The largest absolute Gasteiger partial charge is 0.350 e. The van der Waals surface area contributed by atoms with Crippen LogP contribution in [0.2, 0.25) is 0 Å². The molecule has 140 valence electrons. The van der Waals surface area contributed by atoms with E-state index in [0.717, 1.165) is 11.1 Å². The van der Waals surface area contributed by atoms with Crippen LogP contribution in [0.1, 0.15) is 11.1 Å². The maximum Gasteiger partial charge on any atom is 0.261 e.